The lowest BCUT2D eigenvalue weighted by atomic mass is 10.0. The number of carboxylic acids is 1. The number of aromatic nitrogens is 3. The molecule has 2 aromatic carbocycles. The molecule has 0 saturated carbocycles. The normalized spacial score (nSPS) is 18.9. The van der Waals surface area contributed by atoms with Crippen LogP contribution in [0.1, 0.15) is 74.0 Å². The van der Waals surface area contributed by atoms with Crippen molar-refractivity contribution in [1.82, 2.24) is 14.8 Å². The molecular weight excluding hydrogens is 532 g/mol. The summed E-state index contributed by atoms with van der Waals surface area (Å²) in [5.74, 6) is -0.203. The molecule has 3 unspecified atom stereocenters. The van der Waals surface area contributed by atoms with Gasteiger partial charge in [0.05, 0.1) is 18.8 Å². The number of amides is 1. The minimum atomic E-state index is -0.787. The summed E-state index contributed by atoms with van der Waals surface area (Å²) >= 11 is 1.58. The average Bonchev–Trinajstić information content (AvgIpc) is 3.38. The number of benzene rings is 2. The lowest BCUT2D eigenvalue weighted by Gasteiger charge is -2.36. The molecule has 1 fully saturated rings. The molecule has 1 aliphatic heterocycles. The van der Waals surface area contributed by atoms with Crippen molar-refractivity contribution in [3.63, 3.8) is 0 Å². The summed E-state index contributed by atoms with van der Waals surface area (Å²) in [5, 5.41) is 30.0. The number of carboxylic acid groups (broad SMARTS) is 1. The first-order valence-electron chi connectivity index (χ1n) is 13.5. The minimum absolute atomic E-state index is 0.0161. The summed E-state index contributed by atoms with van der Waals surface area (Å²) in [7, 11) is 1.90. The molecule has 1 aromatic heterocycles. The number of carbonyl (C=O) groups excluding carboxylic acids is 1. The van der Waals surface area contributed by atoms with Gasteiger partial charge in [-0.1, -0.05) is 61.0 Å². The van der Waals surface area contributed by atoms with Crippen LogP contribution in [-0.2, 0) is 32.7 Å². The first kappa shape index (κ1) is 29.7. The van der Waals surface area contributed by atoms with E-state index in [1.54, 1.807) is 18.1 Å². The lowest BCUT2D eigenvalue weighted by Crippen LogP contribution is -2.31. The third kappa shape index (κ3) is 8.88. The fourth-order valence-corrected chi connectivity index (χ4v) is 5.40. The summed E-state index contributed by atoms with van der Waals surface area (Å²) in [6, 6.07) is 15.2. The van der Waals surface area contributed by atoms with Crippen molar-refractivity contribution in [3.05, 3.63) is 71.5 Å². The molecule has 0 radical (unpaired) electrons. The zero-order valence-corrected chi connectivity index (χ0v) is 23.4. The molecule has 1 saturated heterocycles. The fraction of sp³-hybridized carbons (Fsp3) is 0.448. The Hall–Kier alpha value is -3.25. The van der Waals surface area contributed by atoms with Gasteiger partial charge in [0.1, 0.15) is 6.33 Å². The Balaban J connectivity index is 1.40. The van der Waals surface area contributed by atoms with Gasteiger partial charge < -0.3 is 29.6 Å². The number of aryl methyl sites for hydroxylation is 1. The van der Waals surface area contributed by atoms with Gasteiger partial charge in [0, 0.05) is 43.3 Å². The predicted octanol–water partition coefficient (Wildman–Crippen LogP) is 5.01. The van der Waals surface area contributed by atoms with Crippen LogP contribution in [0.5, 0.6) is 0 Å². The summed E-state index contributed by atoms with van der Waals surface area (Å²) in [6.07, 6.45) is 4.85. The van der Waals surface area contributed by atoms with E-state index in [0.29, 0.717) is 37.1 Å². The van der Waals surface area contributed by atoms with Crippen LogP contribution in [0.2, 0.25) is 0 Å². The fourth-order valence-electron chi connectivity index (χ4n) is 4.50. The van der Waals surface area contributed by atoms with Crippen molar-refractivity contribution in [3.8, 4) is 0 Å². The van der Waals surface area contributed by atoms with Crippen LogP contribution in [0.25, 0.3) is 0 Å². The van der Waals surface area contributed by atoms with E-state index in [-0.39, 0.29) is 31.1 Å². The van der Waals surface area contributed by atoms with Crippen LogP contribution in [-0.4, -0.2) is 48.7 Å². The van der Waals surface area contributed by atoms with Crippen molar-refractivity contribution in [2.24, 2.45) is 7.05 Å². The van der Waals surface area contributed by atoms with Gasteiger partial charge in [-0.25, -0.2) is 0 Å². The number of nitrogens with one attached hydrogen (secondary N) is 1. The van der Waals surface area contributed by atoms with Crippen LogP contribution in [0.3, 0.4) is 0 Å². The standard InChI is InChI=1S/C29H36N4O6S/c1-33-19-30-32-29(33)40-18-24-16-25(21-13-11-20(17-34)12-14-21)39-28(38-24)22-7-6-8-23(15-22)31-26(35)9-4-2-3-5-10-27(36)37/h6-8,11-15,19,24-25,28,34H,2-5,9-10,16-18H2,1H3,(H,31,35)(H,36,37). The van der Waals surface area contributed by atoms with Gasteiger partial charge in [-0.05, 0) is 36.1 Å². The van der Waals surface area contributed by atoms with E-state index in [0.717, 1.165) is 34.7 Å². The largest absolute Gasteiger partial charge is 0.481 e. The number of unbranched alkanes of at least 4 members (excludes halogenated alkanes) is 3. The minimum Gasteiger partial charge on any atom is -0.481 e. The molecule has 3 aromatic rings. The molecule has 3 N–H and O–H groups in total. The lowest BCUT2D eigenvalue weighted by molar-refractivity contribution is -0.245. The number of aliphatic hydroxyl groups excluding tert-OH is 1. The van der Waals surface area contributed by atoms with Crippen molar-refractivity contribution < 1.29 is 29.3 Å². The van der Waals surface area contributed by atoms with Crippen molar-refractivity contribution in [1.29, 1.82) is 0 Å². The summed E-state index contributed by atoms with van der Waals surface area (Å²) in [5.41, 5.74) is 3.31. The number of aliphatic carboxylic acids is 1. The van der Waals surface area contributed by atoms with E-state index in [4.69, 9.17) is 14.6 Å². The highest BCUT2D eigenvalue weighted by Gasteiger charge is 2.32. The van der Waals surface area contributed by atoms with Gasteiger partial charge in [0.25, 0.3) is 0 Å². The van der Waals surface area contributed by atoms with E-state index in [1.807, 2.05) is 60.1 Å². The number of ether oxygens (including phenoxy) is 2. The van der Waals surface area contributed by atoms with Gasteiger partial charge in [0.2, 0.25) is 5.91 Å². The Morgan fingerprint density at radius 3 is 2.52 bits per heavy atom. The molecule has 3 atom stereocenters. The van der Waals surface area contributed by atoms with E-state index >= 15 is 0 Å². The third-order valence-corrected chi connectivity index (χ3v) is 7.84. The number of rotatable bonds is 14. The van der Waals surface area contributed by atoms with Crippen LogP contribution >= 0.6 is 11.8 Å². The van der Waals surface area contributed by atoms with Crippen LogP contribution in [0.15, 0.2) is 60.0 Å². The molecule has 0 bridgehead atoms. The molecule has 1 aliphatic rings. The quantitative estimate of drug-likeness (QED) is 0.181. The van der Waals surface area contributed by atoms with E-state index < -0.39 is 12.3 Å². The van der Waals surface area contributed by atoms with Crippen molar-refractivity contribution in [2.75, 3.05) is 11.1 Å². The molecule has 0 aliphatic carbocycles. The summed E-state index contributed by atoms with van der Waals surface area (Å²) < 4.78 is 14.7. The topological polar surface area (TPSA) is 136 Å². The third-order valence-electron chi connectivity index (χ3n) is 6.67. The van der Waals surface area contributed by atoms with Gasteiger partial charge in [-0.2, -0.15) is 0 Å². The molecule has 214 valence electrons. The predicted molar refractivity (Wildman–Crippen MR) is 151 cm³/mol. The summed E-state index contributed by atoms with van der Waals surface area (Å²) in [4.78, 5) is 23.1. The molecule has 11 heteroatoms. The Morgan fingerprint density at radius 2 is 1.82 bits per heavy atom. The number of thioether (sulfide) groups is 1. The Bertz CT molecular complexity index is 1250. The highest BCUT2D eigenvalue weighted by molar-refractivity contribution is 7.99. The number of hydrogen-bond donors (Lipinski definition) is 3. The molecular formula is C29H36N4O6S. The van der Waals surface area contributed by atoms with Gasteiger partial charge in [0.15, 0.2) is 11.4 Å². The van der Waals surface area contributed by atoms with Gasteiger partial charge in [-0.15, -0.1) is 10.2 Å². The highest BCUT2D eigenvalue weighted by Crippen LogP contribution is 2.39. The first-order chi connectivity index (χ1) is 19.4. The number of nitrogens with zero attached hydrogens (tertiary/aromatic N) is 3. The van der Waals surface area contributed by atoms with Crippen molar-refractivity contribution >= 4 is 29.3 Å². The van der Waals surface area contributed by atoms with E-state index in [9.17, 15) is 14.7 Å². The molecule has 0 spiro atoms. The van der Waals surface area contributed by atoms with E-state index in [1.165, 1.54) is 0 Å². The second-order valence-electron chi connectivity index (χ2n) is 9.87. The number of carbonyl (C=O) groups is 2. The smallest absolute Gasteiger partial charge is 0.303 e. The maximum atomic E-state index is 12.5. The second kappa shape index (κ2) is 14.9. The molecule has 4 rings (SSSR count). The SMILES string of the molecule is Cn1cnnc1SCC1CC(c2ccc(CO)cc2)OC(c2cccc(NC(=O)CCCCCCC(=O)O)c2)O1. The molecule has 2 heterocycles. The Labute approximate surface area is 238 Å². The van der Waals surface area contributed by atoms with Crippen LogP contribution < -0.4 is 5.32 Å². The highest BCUT2D eigenvalue weighted by atomic mass is 32.2. The zero-order valence-electron chi connectivity index (χ0n) is 22.6. The number of hydrogen-bond acceptors (Lipinski definition) is 8. The van der Waals surface area contributed by atoms with Gasteiger partial charge in [-0.3, -0.25) is 9.59 Å². The Morgan fingerprint density at radius 1 is 1.05 bits per heavy atom. The summed E-state index contributed by atoms with van der Waals surface area (Å²) in [6.45, 7) is -0.0161. The maximum absolute atomic E-state index is 12.5. The first-order valence-corrected chi connectivity index (χ1v) is 14.5. The number of anilines is 1. The maximum Gasteiger partial charge on any atom is 0.303 e. The van der Waals surface area contributed by atoms with Crippen molar-refractivity contribution in [2.45, 2.75) is 75.2 Å². The Kier molecular flexibility index (Phi) is 11.1. The monoisotopic (exact) mass is 568 g/mol. The molecule has 40 heavy (non-hydrogen) atoms. The molecule has 1 amide bonds. The van der Waals surface area contributed by atoms with Crippen LogP contribution in [0, 0.1) is 0 Å². The van der Waals surface area contributed by atoms with Crippen LogP contribution in [0.4, 0.5) is 5.69 Å². The average molecular weight is 569 g/mol. The zero-order chi connectivity index (χ0) is 28.3. The second-order valence-corrected chi connectivity index (χ2v) is 10.9. The molecule has 10 nitrogen and oxygen atoms in total. The van der Waals surface area contributed by atoms with E-state index in [2.05, 4.69) is 15.5 Å². The number of aliphatic hydroxyl groups is 1. The van der Waals surface area contributed by atoms with Gasteiger partial charge >= 0.3 is 5.97 Å².